The fourth-order valence-electron chi connectivity index (χ4n) is 2.90. The highest BCUT2D eigenvalue weighted by Crippen LogP contribution is 2.21. The zero-order valence-electron chi connectivity index (χ0n) is 12.5. The van der Waals surface area contributed by atoms with Crippen molar-refractivity contribution in [3.63, 3.8) is 0 Å². The third-order valence-electron chi connectivity index (χ3n) is 4.15. The Bertz CT molecular complexity index is 743. The van der Waals surface area contributed by atoms with E-state index in [1.54, 1.807) is 0 Å². The second-order valence-corrected chi connectivity index (χ2v) is 5.77. The summed E-state index contributed by atoms with van der Waals surface area (Å²) < 4.78 is 2.75. The fourth-order valence-corrected chi connectivity index (χ4v) is 2.90. The van der Waals surface area contributed by atoms with Crippen molar-refractivity contribution in [2.75, 3.05) is 0 Å². The third-order valence-corrected chi connectivity index (χ3v) is 4.15. The van der Waals surface area contributed by atoms with E-state index in [0.29, 0.717) is 31.6 Å². The average molecular weight is 301 g/mol. The van der Waals surface area contributed by atoms with Crippen LogP contribution in [-0.2, 0) is 24.2 Å². The molecule has 1 atom stereocenters. The molecule has 0 fully saturated rings. The lowest BCUT2D eigenvalue weighted by atomic mass is 10.1. The molecular weight excluding hydrogens is 282 g/mol. The topological polar surface area (TPSA) is 77.1 Å². The van der Waals surface area contributed by atoms with Crippen LogP contribution >= 0.6 is 0 Å². The molecule has 0 amide bonds. The first-order valence-corrected chi connectivity index (χ1v) is 7.53. The molecule has 2 heterocycles. The number of rotatable bonds is 4. The molecule has 0 saturated carbocycles. The number of aliphatic carboxylic acids is 1. The minimum absolute atomic E-state index is 0.311. The first-order valence-electron chi connectivity index (χ1n) is 7.53. The standard InChI is InChI=1S/C16H19N3O3/c1-11-5-7-12(8-6-11)9-10-18-16(22)19-13(15(20)21)3-2-4-14(19)17-18/h5-8,13H,2-4,9-10H2,1H3,(H,20,21). The maximum atomic E-state index is 12.4. The predicted molar refractivity (Wildman–Crippen MR) is 81.0 cm³/mol. The number of carboxylic acids is 1. The highest BCUT2D eigenvalue weighted by molar-refractivity contribution is 5.72. The van der Waals surface area contributed by atoms with Gasteiger partial charge in [-0.05, 0) is 31.7 Å². The molecule has 1 N–H and O–H groups in total. The van der Waals surface area contributed by atoms with E-state index >= 15 is 0 Å². The van der Waals surface area contributed by atoms with Gasteiger partial charge in [-0.15, -0.1) is 0 Å². The minimum Gasteiger partial charge on any atom is -0.480 e. The molecule has 1 aliphatic rings. The summed E-state index contributed by atoms with van der Waals surface area (Å²) in [5.74, 6) is -0.367. The summed E-state index contributed by atoms with van der Waals surface area (Å²) in [6.07, 6.45) is 2.61. The third kappa shape index (κ3) is 2.68. The van der Waals surface area contributed by atoms with E-state index < -0.39 is 12.0 Å². The second-order valence-electron chi connectivity index (χ2n) is 5.77. The highest BCUT2D eigenvalue weighted by atomic mass is 16.4. The van der Waals surface area contributed by atoms with E-state index in [1.165, 1.54) is 14.8 Å². The van der Waals surface area contributed by atoms with Gasteiger partial charge in [0.1, 0.15) is 11.9 Å². The number of aromatic nitrogens is 3. The summed E-state index contributed by atoms with van der Waals surface area (Å²) >= 11 is 0. The molecule has 3 rings (SSSR count). The van der Waals surface area contributed by atoms with Crippen molar-refractivity contribution >= 4 is 5.97 Å². The number of carboxylic acid groups (broad SMARTS) is 1. The highest BCUT2D eigenvalue weighted by Gasteiger charge is 2.29. The Morgan fingerprint density at radius 2 is 2.09 bits per heavy atom. The zero-order valence-corrected chi connectivity index (χ0v) is 12.5. The smallest absolute Gasteiger partial charge is 0.346 e. The Morgan fingerprint density at radius 3 is 2.77 bits per heavy atom. The zero-order chi connectivity index (χ0) is 15.7. The Labute approximate surface area is 128 Å². The largest absolute Gasteiger partial charge is 0.480 e. The lowest BCUT2D eigenvalue weighted by Crippen LogP contribution is -2.34. The molecule has 1 aliphatic heterocycles. The van der Waals surface area contributed by atoms with Crippen molar-refractivity contribution in [3.05, 3.63) is 51.7 Å². The van der Waals surface area contributed by atoms with Crippen molar-refractivity contribution in [2.24, 2.45) is 0 Å². The lowest BCUT2D eigenvalue weighted by Gasteiger charge is -2.19. The van der Waals surface area contributed by atoms with Crippen LogP contribution in [0.5, 0.6) is 0 Å². The molecule has 0 spiro atoms. The van der Waals surface area contributed by atoms with Gasteiger partial charge in [-0.1, -0.05) is 29.8 Å². The number of benzene rings is 1. The number of hydrogen-bond donors (Lipinski definition) is 1. The molecule has 6 nitrogen and oxygen atoms in total. The van der Waals surface area contributed by atoms with Crippen LogP contribution in [0.4, 0.5) is 0 Å². The number of hydrogen-bond acceptors (Lipinski definition) is 3. The quantitative estimate of drug-likeness (QED) is 0.929. The second kappa shape index (κ2) is 5.79. The summed E-state index contributed by atoms with van der Waals surface area (Å²) in [6, 6.07) is 7.38. The van der Waals surface area contributed by atoms with Gasteiger partial charge >= 0.3 is 11.7 Å². The predicted octanol–water partition coefficient (Wildman–Crippen LogP) is 1.56. The summed E-state index contributed by atoms with van der Waals surface area (Å²) in [6.45, 7) is 2.50. The maximum absolute atomic E-state index is 12.4. The molecule has 6 heteroatoms. The molecule has 0 radical (unpaired) electrons. The number of nitrogens with zero attached hydrogens (tertiary/aromatic N) is 3. The van der Waals surface area contributed by atoms with Gasteiger partial charge in [0, 0.05) is 6.42 Å². The van der Waals surface area contributed by atoms with Crippen LogP contribution in [0.3, 0.4) is 0 Å². The Kier molecular flexibility index (Phi) is 3.83. The monoisotopic (exact) mass is 301 g/mol. The van der Waals surface area contributed by atoms with Gasteiger partial charge in [-0.3, -0.25) is 4.57 Å². The number of carbonyl (C=O) groups is 1. The van der Waals surface area contributed by atoms with E-state index in [0.717, 1.165) is 12.0 Å². The van der Waals surface area contributed by atoms with E-state index in [4.69, 9.17) is 0 Å². The van der Waals surface area contributed by atoms with E-state index in [1.807, 2.05) is 31.2 Å². The van der Waals surface area contributed by atoms with E-state index in [2.05, 4.69) is 5.10 Å². The molecule has 1 aromatic carbocycles. The Balaban J connectivity index is 1.82. The first-order chi connectivity index (χ1) is 10.6. The molecule has 116 valence electrons. The summed E-state index contributed by atoms with van der Waals surface area (Å²) in [4.78, 5) is 23.7. The van der Waals surface area contributed by atoms with Crippen LogP contribution in [0.1, 0.15) is 35.8 Å². The lowest BCUT2D eigenvalue weighted by molar-refractivity contribution is -0.141. The first kappa shape index (κ1) is 14.6. The van der Waals surface area contributed by atoms with Crippen LogP contribution in [0, 0.1) is 6.92 Å². The average Bonchev–Trinajstić information content (AvgIpc) is 2.83. The molecule has 0 bridgehead atoms. The summed E-state index contributed by atoms with van der Waals surface area (Å²) in [7, 11) is 0. The number of fused-ring (bicyclic) bond motifs is 1. The van der Waals surface area contributed by atoms with Gasteiger partial charge in [0.15, 0.2) is 0 Å². The van der Waals surface area contributed by atoms with Crippen LogP contribution in [0.2, 0.25) is 0 Å². The van der Waals surface area contributed by atoms with Crippen LogP contribution in [0.15, 0.2) is 29.1 Å². The van der Waals surface area contributed by atoms with Crippen LogP contribution < -0.4 is 5.69 Å². The molecule has 22 heavy (non-hydrogen) atoms. The molecule has 1 aromatic heterocycles. The van der Waals surface area contributed by atoms with E-state index in [9.17, 15) is 14.7 Å². The van der Waals surface area contributed by atoms with Crippen molar-refractivity contribution in [2.45, 2.75) is 45.2 Å². The minimum atomic E-state index is -0.957. The molecule has 2 aromatic rings. The Morgan fingerprint density at radius 1 is 1.36 bits per heavy atom. The van der Waals surface area contributed by atoms with Gasteiger partial charge in [0.25, 0.3) is 0 Å². The SMILES string of the molecule is Cc1ccc(CCn2nc3n(c2=O)C(C(=O)O)CCC3)cc1. The fraction of sp³-hybridized carbons (Fsp3) is 0.438. The summed E-state index contributed by atoms with van der Waals surface area (Å²) in [5, 5.41) is 13.6. The van der Waals surface area contributed by atoms with Crippen molar-refractivity contribution in [1.29, 1.82) is 0 Å². The van der Waals surface area contributed by atoms with Gasteiger partial charge in [0.2, 0.25) is 0 Å². The number of aryl methyl sites for hydroxylation is 4. The van der Waals surface area contributed by atoms with Crippen molar-refractivity contribution in [3.8, 4) is 0 Å². The molecular formula is C16H19N3O3. The molecule has 0 saturated heterocycles. The van der Waals surface area contributed by atoms with Crippen molar-refractivity contribution in [1.82, 2.24) is 14.3 Å². The summed E-state index contributed by atoms with van der Waals surface area (Å²) in [5.41, 5.74) is 2.02. The normalized spacial score (nSPS) is 17.2. The van der Waals surface area contributed by atoms with Crippen molar-refractivity contribution < 1.29 is 9.90 Å². The molecule has 1 unspecified atom stereocenters. The Hall–Kier alpha value is -2.37. The van der Waals surface area contributed by atoms with Gasteiger partial charge in [-0.25, -0.2) is 14.3 Å². The molecule has 0 aliphatic carbocycles. The maximum Gasteiger partial charge on any atom is 0.346 e. The van der Waals surface area contributed by atoms with Gasteiger partial charge in [0.05, 0.1) is 6.54 Å². The van der Waals surface area contributed by atoms with E-state index in [-0.39, 0.29) is 5.69 Å². The van der Waals surface area contributed by atoms with Gasteiger partial charge in [-0.2, -0.15) is 5.10 Å². The van der Waals surface area contributed by atoms with Crippen LogP contribution in [-0.4, -0.2) is 25.4 Å². The van der Waals surface area contributed by atoms with Gasteiger partial charge < -0.3 is 5.11 Å². The van der Waals surface area contributed by atoms with Crippen LogP contribution in [0.25, 0.3) is 0 Å².